The van der Waals surface area contributed by atoms with Crippen LogP contribution in [-0.4, -0.2) is 4.98 Å². The number of aromatic amines is 1. The Labute approximate surface area is 88.6 Å². The Hall–Kier alpha value is -1.83. The third kappa shape index (κ3) is 1.84. The zero-order valence-electron chi connectivity index (χ0n) is 8.87. The van der Waals surface area contributed by atoms with E-state index in [0.29, 0.717) is 0 Å². The summed E-state index contributed by atoms with van der Waals surface area (Å²) in [5.74, 6) is 0. The third-order valence-corrected chi connectivity index (χ3v) is 2.42. The van der Waals surface area contributed by atoms with Crippen molar-refractivity contribution in [1.82, 2.24) is 4.98 Å². The second-order valence-electron chi connectivity index (χ2n) is 3.68. The summed E-state index contributed by atoms with van der Waals surface area (Å²) in [6, 6.07) is 11.4. The number of aryl methyl sites for hydroxylation is 2. The second-order valence-corrected chi connectivity index (χ2v) is 3.68. The van der Waals surface area contributed by atoms with E-state index in [2.05, 4.69) is 4.98 Å². The third-order valence-electron chi connectivity index (χ3n) is 2.42. The minimum absolute atomic E-state index is 0.0787. The molecule has 1 aromatic heterocycles. The van der Waals surface area contributed by atoms with E-state index in [-0.39, 0.29) is 5.43 Å². The molecule has 76 valence electrons. The summed E-state index contributed by atoms with van der Waals surface area (Å²) in [4.78, 5) is 15.0. The van der Waals surface area contributed by atoms with E-state index in [9.17, 15) is 4.79 Å². The van der Waals surface area contributed by atoms with Crippen molar-refractivity contribution in [3.63, 3.8) is 0 Å². The maximum atomic E-state index is 11.8. The van der Waals surface area contributed by atoms with Crippen molar-refractivity contribution in [2.75, 3.05) is 0 Å². The van der Waals surface area contributed by atoms with Gasteiger partial charge < -0.3 is 4.98 Å². The molecular formula is C13H13NO. The molecule has 0 aliphatic heterocycles. The number of benzene rings is 1. The molecule has 0 atom stereocenters. The van der Waals surface area contributed by atoms with Crippen LogP contribution in [0.2, 0.25) is 0 Å². The lowest BCUT2D eigenvalue weighted by Crippen LogP contribution is -2.08. The molecule has 1 aromatic carbocycles. The van der Waals surface area contributed by atoms with Gasteiger partial charge in [-0.2, -0.15) is 0 Å². The van der Waals surface area contributed by atoms with Crippen LogP contribution in [0.3, 0.4) is 0 Å². The van der Waals surface area contributed by atoms with Crippen LogP contribution in [0.15, 0.2) is 41.2 Å². The first-order valence-electron chi connectivity index (χ1n) is 4.94. The van der Waals surface area contributed by atoms with Crippen LogP contribution in [0.5, 0.6) is 0 Å². The molecule has 1 N–H and O–H groups in total. The van der Waals surface area contributed by atoms with Gasteiger partial charge in [0.25, 0.3) is 0 Å². The van der Waals surface area contributed by atoms with Crippen LogP contribution in [0.4, 0.5) is 0 Å². The van der Waals surface area contributed by atoms with Crippen LogP contribution in [0, 0.1) is 13.8 Å². The van der Waals surface area contributed by atoms with Crippen molar-refractivity contribution >= 4 is 0 Å². The van der Waals surface area contributed by atoms with Gasteiger partial charge in [0, 0.05) is 23.0 Å². The average Bonchev–Trinajstić information content (AvgIpc) is 2.17. The summed E-state index contributed by atoms with van der Waals surface area (Å²) in [6.07, 6.45) is 0. The van der Waals surface area contributed by atoms with Crippen LogP contribution in [-0.2, 0) is 0 Å². The Morgan fingerprint density at radius 1 is 1.07 bits per heavy atom. The van der Waals surface area contributed by atoms with Crippen LogP contribution < -0.4 is 5.43 Å². The van der Waals surface area contributed by atoms with Gasteiger partial charge in [-0.15, -0.1) is 0 Å². The maximum Gasteiger partial charge on any atom is 0.189 e. The number of nitrogens with one attached hydrogen (secondary N) is 1. The molecule has 2 aromatic rings. The summed E-state index contributed by atoms with van der Waals surface area (Å²) < 4.78 is 0. The molecule has 0 saturated carbocycles. The Balaban J connectivity index is 2.69. The summed E-state index contributed by atoms with van der Waals surface area (Å²) >= 11 is 0. The van der Waals surface area contributed by atoms with Crippen molar-refractivity contribution in [3.05, 3.63) is 58.0 Å². The molecule has 2 rings (SSSR count). The number of hydrogen-bond acceptors (Lipinski definition) is 1. The first kappa shape index (κ1) is 9.71. The van der Waals surface area contributed by atoms with Crippen molar-refractivity contribution in [1.29, 1.82) is 0 Å². The van der Waals surface area contributed by atoms with Crippen molar-refractivity contribution in [3.8, 4) is 11.1 Å². The average molecular weight is 199 g/mol. The Morgan fingerprint density at radius 2 is 1.73 bits per heavy atom. The lowest BCUT2D eigenvalue weighted by molar-refractivity contribution is 1.11. The second kappa shape index (κ2) is 3.73. The highest BCUT2D eigenvalue weighted by Crippen LogP contribution is 2.17. The van der Waals surface area contributed by atoms with Gasteiger partial charge in [-0.05, 0) is 19.4 Å². The number of H-pyrrole nitrogens is 1. The fraction of sp³-hybridized carbons (Fsp3) is 0.154. The lowest BCUT2D eigenvalue weighted by Gasteiger charge is -2.06. The molecule has 0 aliphatic rings. The molecule has 0 unspecified atom stereocenters. The minimum Gasteiger partial charge on any atom is -0.362 e. The Kier molecular flexibility index (Phi) is 2.42. The Morgan fingerprint density at radius 3 is 2.33 bits per heavy atom. The Bertz CT molecular complexity index is 526. The van der Waals surface area contributed by atoms with E-state index in [0.717, 1.165) is 22.5 Å². The molecule has 0 spiro atoms. The van der Waals surface area contributed by atoms with Gasteiger partial charge in [0.2, 0.25) is 0 Å². The minimum atomic E-state index is 0.0787. The van der Waals surface area contributed by atoms with Gasteiger partial charge in [-0.3, -0.25) is 4.79 Å². The molecule has 0 saturated heterocycles. The van der Waals surface area contributed by atoms with Gasteiger partial charge in [-0.25, -0.2) is 0 Å². The molecule has 0 fully saturated rings. The van der Waals surface area contributed by atoms with E-state index in [1.165, 1.54) is 0 Å². The predicted molar refractivity (Wildman–Crippen MR) is 62.0 cm³/mol. The predicted octanol–water partition coefficient (Wildman–Crippen LogP) is 2.66. The quantitative estimate of drug-likeness (QED) is 0.752. The molecule has 15 heavy (non-hydrogen) atoms. The highest BCUT2D eigenvalue weighted by Gasteiger charge is 2.06. The van der Waals surface area contributed by atoms with E-state index in [4.69, 9.17) is 0 Å². The topological polar surface area (TPSA) is 32.9 Å². The standard InChI is InChI=1S/C13H13NO/c1-9-8-12(15)13(10(2)14-9)11-6-4-3-5-7-11/h3-8H,1-2H3,(H,14,15). The van der Waals surface area contributed by atoms with Crippen LogP contribution >= 0.6 is 0 Å². The summed E-state index contributed by atoms with van der Waals surface area (Å²) in [5.41, 5.74) is 3.63. The summed E-state index contributed by atoms with van der Waals surface area (Å²) in [6.45, 7) is 3.82. The van der Waals surface area contributed by atoms with E-state index in [1.807, 2.05) is 44.2 Å². The number of aromatic nitrogens is 1. The molecule has 0 amide bonds. The monoisotopic (exact) mass is 199 g/mol. The fourth-order valence-corrected chi connectivity index (χ4v) is 1.81. The SMILES string of the molecule is Cc1cc(=O)c(-c2ccccc2)c(C)[nH]1. The normalized spacial score (nSPS) is 10.3. The van der Waals surface area contributed by atoms with Crippen molar-refractivity contribution in [2.24, 2.45) is 0 Å². The molecular weight excluding hydrogens is 186 g/mol. The molecule has 2 nitrogen and oxygen atoms in total. The van der Waals surface area contributed by atoms with E-state index < -0.39 is 0 Å². The van der Waals surface area contributed by atoms with Crippen molar-refractivity contribution in [2.45, 2.75) is 13.8 Å². The zero-order valence-corrected chi connectivity index (χ0v) is 8.87. The highest BCUT2D eigenvalue weighted by atomic mass is 16.1. The van der Waals surface area contributed by atoms with Gasteiger partial charge >= 0.3 is 0 Å². The van der Waals surface area contributed by atoms with Gasteiger partial charge in [0.05, 0.1) is 0 Å². The molecule has 0 aliphatic carbocycles. The van der Waals surface area contributed by atoms with Gasteiger partial charge in [0.15, 0.2) is 5.43 Å². The molecule has 0 bridgehead atoms. The molecule has 0 radical (unpaired) electrons. The van der Waals surface area contributed by atoms with E-state index in [1.54, 1.807) is 6.07 Å². The van der Waals surface area contributed by atoms with Gasteiger partial charge in [-0.1, -0.05) is 30.3 Å². The zero-order chi connectivity index (χ0) is 10.8. The number of rotatable bonds is 1. The largest absolute Gasteiger partial charge is 0.362 e. The summed E-state index contributed by atoms with van der Waals surface area (Å²) in [7, 11) is 0. The lowest BCUT2D eigenvalue weighted by atomic mass is 10.0. The molecule has 1 heterocycles. The van der Waals surface area contributed by atoms with E-state index >= 15 is 0 Å². The first-order chi connectivity index (χ1) is 7.18. The van der Waals surface area contributed by atoms with Gasteiger partial charge in [0.1, 0.15) is 0 Å². The number of hydrogen-bond donors (Lipinski definition) is 1. The number of pyridine rings is 1. The smallest absolute Gasteiger partial charge is 0.189 e. The highest BCUT2D eigenvalue weighted by molar-refractivity contribution is 5.65. The van der Waals surface area contributed by atoms with Crippen LogP contribution in [0.1, 0.15) is 11.4 Å². The fourth-order valence-electron chi connectivity index (χ4n) is 1.81. The first-order valence-corrected chi connectivity index (χ1v) is 4.94. The maximum absolute atomic E-state index is 11.8. The molecule has 2 heteroatoms. The van der Waals surface area contributed by atoms with Crippen molar-refractivity contribution < 1.29 is 0 Å². The van der Waals surface area contributed by atoms with Crippen LogP contribution in [0.25, 0.3) is 11.1 Å². The summed E-state index contributed by atoms with van der Waals surface area (Å²) in [5, 5.41) is 0.